The Morgan fingerprint density at radius 2 is 1.68 bits per heavy atom. The zero-order valence-corrected chi connectivity index (χ0v) is 13.4. The van der Waals surface area contributed by atoms with Crippen LogP contribution in [0.1, 0.15) is 41.6 Å². The van der Waals surface area contributed by atoms with Crippen molar-refractivity contribution < 1.29 is 9.53 Å². The number of hydrogen-bond acceptors (Lipinski definition) is 2. The SMILES string of the molecule is O=C(Cl)c1ccc(CCCCOCCCCBr)cc1. The summed E-state index contributed by atoms with van der Waals surface area (Å²) in [5.41, 5.74) is 1.79. The molecule has 0 N–H and O–H groups in total. The molecule has 106 valence electrons. The molecule has 0 heterocycles. The van der Waals surface area contributed by atoms with Crippen molar-refractivity contribution in [3.05, 3.63) is 35.4 Å². The molecule has 2 nitrogen and oxygen atoms in total. The number of benzene rings is 1. The van der Waals surface area contributed by atoms with Crippen LogP contribution in [0, 0.1) is 0 Å². The first-order chi connectivity index (χ1) is 9.24. The topological polar surface area (TPSA) is 26.3 Å². The van der Waals surface area contributed by atoms with E-state index in [4.69, 9.17) is 16.3 Å². The van der Waals surface area contributed by atoms with Crippen LogP contribution in [0.5, 0.6) is 0 Å². The van der Waals surface area contributed by atoms with Gasteiger partial charge < -0.3 is 4.74 Å². The quantitative estimate of drug-likeness (QED) is 0.352. The summed E-state index contributed by atoms with van der Waals surface area (Å²) in [6.45, 7) is 1.69. The summed E-state index contributed by atoms with van der Waals surface area (Å²) in [4.78, 5) is 10.9. The highest BCUT2D eigenvalue weighted by Crippen LogP contribution is 2.10. The highest BCUT2D eigenvalue weighted by atomic mass is 79.9. The summed E-state index contributed by atoms with van der Waals surface area (Å²) in [6, 6.07) is 7.49. The van der Waals surface area contributed by atoms with Crippen LogP contribution in [0.25, 0.3) is 0 Å². The van der Waals surface area contributed by atoms with Crippen LogP contribution < -0.4 is 0 Å². The molecule has 0 saturated heterocycles. The van der Waals surface area contributed by atoms with Crippen molar-refractivity contribution >= 4 is 32.8 Å². The van der Waals surface area contributed by atoms with E-state index in [1.165, 1.54) is 12.0 Å². The molecule has 0 atom stereocenters. The van der Waals surface area contributed by atoms with Gasteiger partial charge in [0.15, 0.2) is 0 Å². The average molecular weight is 348 g/mol. The number of unbranched alkanes of at least 4 members (excludes halogenated alkanes) is 2. The van der Waals surface area contributed by atoms with E-state index in [2.05, 4.69) is 15.9 Å². The Morgan fingerprint density at radius 3 is 2.26 bits per heavy atom. The van der Waals surface area contributed by atoms with E-state index in [9.17, 15) is 4.79 Å². The van der Waals surface area contributed by atoms with Gasteiger partial charge in [-0.2, -0.15) is 0 Å². The second kappa shape index (κ2) is 10.4. The van der Waals surface area contributed by atoms with E-state index in [1.54, 1.807) is 12.1 Å². The van der Waals surface area contributed by atoms with Gasteiger partial charge in [0.2, 0.25) is 0 Å². The fourth-order valence-corrected chi connectivity index (χ4v) is 2.26. The van der Waals surface area contributed by atoms with E-state index in [0.29, 0.717) is 5.56 Å². The number of carbonyl (C=O) groups excluding carboxylic acids is 1. The Labute approximate surface area is 128 Å². The minimum atomic E-state index is -0.400. The smallest absolute Gasteiger partial charge is 0.252 e. The molecule has 0 aromatic heterocycles. The Hall–Kier alpha value is -0.380. The molecule has 0 bridgehead atoms. The molecular weight excluding hydrogens is 328 g/mol. The van der Waals surface area contributed by atoms with E-state index in [1.807, 2.05) is 12.1 Å². The normalized spacial score (nSPS) is 10.6. The van der Waals surface area contributed by atoms with Crippen LogP contribution in [0.2, 0.25) is 0 Å². The zero-order chi connectivity index (χ0) is 13.9. The minimum absolute atomic E-state index is 0.400. The lowest BCUT2D eigenvalue weighted by Crippen LogP contribution is -1.98. The van der Waals surface area contributed by atoms with Crippen LogP contribution >= 0.6 is 27.5 Å². The maximum Gasteiger partial charge on any atom is 0.252 e. The predicted octanol–water partition coefficient (Wildman–Crippen LogP) is 4.58. The van der Waals surface area contributed by atoms with Gasteiger partial charge in [-0.05, 0) is 61.4 Å². The Bertz CT molecular complexity index is 365. The number of rotatable bonds is 10. The molecule has 0 spiro atoms. The Morgan fingerprint density at radius 1 is 1.05 bits per heavy atom. The third-order valence-corrected chi connectivity index (χ3v) is 3.64. The second-order valence-electron chi connectivity index (χ2n) is 4.44. The minimum Gasteiger partial charge on any atom is -0.381 e. The molecular formula is C15H20BrClO2. The van der Waals surface area contributed by atoms with Gasteiger partial charge in [0.25, 0.3) is 5.24 Å². The van der Waals surface area contributed by atoms with Crippen molar-refractivity contribution in [1.29, 1.82) is 0 Å². The van der Waals surface area contributed by atoms with Crippen molar-refractivity contribution in [3.8, 4) is 0 Å². The molecule has 0 aliphatic rings. The number of aryl methyl sites for hydroxylation is 1. The van der Waals surface area contributed by atoms with E-state index in [-0.39, 0.29) is 0 Å². The van der Waals surface area contributed by atoms with Crippen molar-refractivity contribution in [2.75, 3.05) is 18.5 Å². The van der Waals surface area contributed by atoms with Crippen LogP contribution in [0.15, 0.2) is 24.3 Å². The molecule has 1 rings (SSSR count). The molecule has 1 aromatic rings. The van der Waals surface area contributed by atoms with Crippen molar-refractivity contribution in [2.24, 2.45) is 0 Å². The molecule has 0 saturated carbocycles. The fraction of sp³-hybridized carbons (Fsp3) is 0.533. The highest BCUT2D eigenvalue weighted by molar-refractivity contribution is 9.09. The third kappa shape index (κ3) is 7.71. The van der Waals surface area contributed by atoms with E-state index >= 15 is 0 Å². The summed E-state index contributed by atoms with van der Waals surface area (Å²) in [6.07, 6.45) is 5.49. The summed E-state index contributed by atoms with van der Waals surface area (Å²) in [5.74, 6) is 0. The largest absolute Gasteiger partial charge is 0.381 e. The summed E-state index contributed by atoms with van der Waals surface area (Å²) in [5, 5.41) is 0.653. The number of hydrogen-bond donors (Lipinski definition) is 0. The van der Waals surface area contributed by atoms with Crippen molar-refractivity contribution in [3.63, 3.8) is 0 Å². The van der Waals surface area contributed by atoms with Gasteiger partial charge in [-0.15, -0.1) is 0 Å². The number of halogens is 2. The van der Waals surface area contributed by atoms with Gasteiger partial charge in [0, 0.05) is 24.1 Å². The number of ether oxygens (including phenoxy) is 1. The maximum absolute atomic E-state index is 10.9. The van der Waals surface area contributed by atoms with Crippen molar-refractivity contribution in [2.45, 2.75) is 32.1 Å². The monoisotopic (exact) mass is 346 g/mol. The zero-order valence-electron chi connectivity index (χ0n) is 11.0. The van der Waals surface area contributed by atoms with Gasteiger partial charge in [-0.1, -0.05) is 28.1 Å². The molecule has 0 radical (unpaired) electrons. The molecule has 0 amide bonds. The van der Waals surface area contributed by atoms with Crippen molar-refractivity contribution in [1.82, 2.24) is 0 Å². The predicted molar refractivity (Wildman–Crippen MR) is 83.4 cm³/mol. The number of alkyl halides is 1. The van der Waals surface area contributed by atoms with Gasteiger partial charge in [0.05, 0.1) is 0 Å². The van der Waals surface area contributed by atoms with E-state index < -0.39 is 5.24 Å². The third-order valence-electron chi connectivity index (χ3n) is 2.86. The Kier molecular flexibility index (Phi) is 9.14. The van der Waals surface area contributed by atoms with Gasteiger partial charge in [0.1, 0.15) is 0 Å². The first-order valence-corrected chi connectivity index (χ1v) is 8.16. The number of carbonyl (C=O) groups is 1. The summed E-state index contributed by atoms with van der Waals surface area (Å²) >= 11 is 8.79. The van der Waals surface area contributed by atoms with Crippen LogP contribution in [0.3, 0.4) is 0 Å². The molecule has 0 unspecified atom stereocenters. The standard InChI is InChI=1S/C15H20BrClO2/c16-10-2-4-12-19-11-3-1-5-13-6-8-14(9-7-13)15(17)18/h6-9H,1-5,10-12H2. The molecule has 0 aliphatic heterocycles. The Balaban J connectivity index is 2.07. The van der Waals surface area contributed by atoms with Crippen LogP contribution in [0.4, 0.5) is 0 Å². The first kappa shape index (κ1) is 16.7. The molecule has 4 heteroatoms. The first-order valence-electron chi connectivity index (χ1n) is 6.66. The van der Waals surface area contributed by atoms with Gasteiger partial charge >= 0.3 is 0 Å². The lowest BCUT2D eigenvalue weighted by Gasteiger charge is -2.04. The van der Waals surface area contributed by atoms with Crippen LogP contribution in [-0.2, 0) is 11.2 Å². The van der Waals surface area contributed by atoms with Gasteiger partial charge in [-0.3, -0.25) is 4.79 Å². The van der Waals surface area contributed by atoms with Gasteiger partial charge in [-0.25, -0.2) is 0 Å². The fourth-order valence-electron chi connectivity index (χ4n) is 1.74. The lowest BCUT2D eigenvalue weighted by molar-refractivity contribution is 0.108. The highest BCUT2D eigenvalue weighted by Gasteiger charge is 2.00. The van der Waals surface area contributed by atoms with E-state index in [0.717, 1.165) is 44.2 Å². The molecule has 1 aromatic carbocycles. The summed E-state index contributed by atoms with van der Waals surface area (Å²) < 4.78 is 5.54. The summed E-state index contributed by atoms with van der Waals surface area (Å²) in [7, 11) is 0. The lowest BCUT2D eigenvalue weighted by atomic mass is 10.1. The average Bonchev–Trinajstić information content (AvgIpc) is 2.42. The second-order valence-corrected chi connectivity index (χ2v) is 5.57. The maximum atomic E-state index is 10.9. The van der Waals surface area contributed by atoms with Crippen LogP contribution in [-0.4, -0.2) is 23.8 Å². The molecule has 19 heavy (non-hydrogen) atoms. The molecule has 0 aliphatic carbocycles. The molecule has 0 fully saturated rings.